The highest BCUT2D eigenvalue weighted by molar-refractivity contribution is 7.89. The summed E-state index contributed by atoms with van der Waals surface area (Å²) in [7, 11) is -1.62. The van der Waals surface area contributed by atoms with Gasteiger partial charge in [0.25, 0.3) is 0 Å². The first-order valence-electron chi connectivity index (χ1n) is 6.36. The van der Waals surface area contributed by atoms with Crippen molar-refractivity contribution in [2.24, 2.45) is 5.92 Å². The van der Waals surface area contributed by atoms with Crippen LogP contribution in [0.2, 0.25) is 0 Å². The summed E-state index contributed by atoms with van der Waals surface area (Å²) in [5.41, 5.74) is 0. The van der Waals surface area contributed by atoms with Gasteiger partial charge in [-0.25, -0.2) is 13.1 Å². The molecule has 7 nitrogen and oxygen atoms in total. The smallest absolute Gasteiger partial charge is 0.243 e. The molecule has 19 heavy (non-hydrogen) atoms. The van der Waals surface area contributed by atoms with Gasteiger partial charge in [-0.1, -0.05) is 0 Å². The summed E-state index contributed by atoms with van der Waals surface area (Å²) in [4.78, 5) is 0.211. The van der Waals surface area contributed by atoms with E-state index in [1.807, 2.05) is 7.05 Å². The molecule has 1 aromatic rings. The van der Waals surface area contributed by atoms with Crippen LogP contribution in [-0.4, -0.2) is 51.5 Å². The van der Waals surface area contributed by atoms with Crippen LogP contribution in [0.4, 0.5) is 0 Å². The Morgan fingerprint density at radius 1 is 1.58 bits per heavy atom. The summed E-state index contributed by atoms with van der Waals surface area (Å²) < 4.78 is 33.6. The Balaban J connectivity index is 1.92. The number of nitrogens with one attached hydrogen (secondary N) is 2. The monoisotopic (exact) mass is 288 g/mol. The van der Waals surface area contributed by atoms with Crippen molar-refractivity contribution in [1.29, 1.82) is 0 Å². The molecule has 2 rings (SSSR count). The van der Waals surface area contributed by atoms with Crippen molar-refractivity contribution in [3.8, 4) is 0 Å². The molecular weight excluding hydrogens is 268 g/mol. The minimum absolute atomic E-state index is 0.211. The van der Waals surface area contributed by atoms with Crippen LogP contribution in [-0.2, 0) is 21.3 Å². The summed E-state index contributed by atoms with van der Waals surface area (Å²) >= 11 is 0. The summed E-state index contributed by atoms with van der Waals surface area (Å²) in [6.07, 6.45) is 3.83. The number of aromatic nitrogens is 2. The van der Waals surface area contributed by atoms with Gasteiger partial charge in [-0.15, -0.1) is 0 Å². The van der Waals surface area contributed by atoms with E-state index in [1.165, 1.54) is 6.20 Å². The average molecular weight is 288 g/mol. The predicted octanol–water partition coefficient (Wildman–Crippen LogP) is -0.583. The van der Waals surface area contributed by atoms with Crippen LogP contribution in [0.1, 0.15) is 6.42 Å². The van der Waals surface area contributed by atoms with Crippen LogP contribution >= 0.6 is 0 Å². The lowest BCUT2D eigenvalue weighted by Crippen LogP contribution is -2.29. The number of ether oxygens (including phenoxy) is 1. The average Bonchev–Trinajstić information content (AvgIpc) is 3.05. The number of rotatable bonds is 7. The first-order chi connectivity index (χ1) is 9.12. The molecular formula is C11H20N4O3S. The van der Waals surface area contributed by atoms with Crippen molar-refractivity contribution < 1.29 is 13.2 Å². The number of hydrogen-bond donors (Lipinski definition) is 2. The van der Waals surface area contributed by atoms with Gasteiger partial charge in [-0.3, -0.25) is 4.68 Å². The van der Waals surface area contributed by atoms with Crippen molar-refractivity contribution in [1.82, 2.24) is 19.8 Å². The van der Waals surface area contributed by atoms with Crippen LogP contribution in [0.3, 0.4) is 0 Å². The molecule has 1 aliphatic rings. The minimum atomic E-state index is -3.46. The van der Waals surface area contributed by atoms with Gasteiger partial charge >= 0.3 is 0 Å². The predicted molar refractivity (Wildman–Crippen MR) is 70.3 cm³/mol. The third-order valence-corrected chi connectivity index (χ3v) is 4.47. The molecule has 1 saturated heterocycles. The van der Waals surface area contributed by atoms with E-state index in [-0.39, 0.29) is 10.8 Å². The van der Waals surface area contributed by atoms with Gasteiger partial charge in [0.1, 0.15) is 4.90 Å². The summed E-state index contributed by atoms with van der Waals surface area (Å²) in [6, 6.07) is 0. The van der Waals surface area contributed by atoms with Gasteiger partial charge in [0.05, 0.1) is 19.3 Å². The van der Waals surface area contributed by atoms with Crippen molar-refractivity contribution in [3.63, 3.8) is 0 Å². The molecule has 0 radical (unpaired) electrons. The highest BCUT2D eigenvalue weighted by Crippen LogP contribution is 2.13. The van der Waals surface area contributed by atoms with E-state index in [1.54, 1.807) is 10.9 Å². The van der Waals surface area contributed by atoms with Crippen LogP contribution in [0.5, 0.6) is 0 Å². The normalized spacial score (nSPS) is 19.9. The number of nitrogens with zero attached hydrogens (tertiary/aromatic N) is 2. The zero-order valence-electron chi connectivity index (χ0n) is 11.0. The largest absolute Gasteiger partial charge is 0.381 e. The quantitative estimate of drug-likeness (QED) is 0.701. The van der Waals surface area contributed by atoms with E-state index in [4.69, 9.17) is 4.74 Å². The Hall–Kier alpha value is -0.960. The first-order valence-corrected chi connectivity index (χ1v) is 7.84. The maximum atomic E-state index is 12.1. The van der Waals surface area contributed by atoms with E-state index < -0.39 is 10.0 Å². The van der Waals surface area contributed by atoms with E-state index in [9.17, 15) is 8.42 Å². The van der Waals surface area contributed by atoms with Gasteiger partial charge in [-0.05, 0) is 19.4 Å². The first kappa shape index (κ1) is 14.4. The Morgan fingerprint density at radius 2 is 2.42 bits per heavy atom. The van der Waals surface area contributed by atoms with Crippen LogP contribution in [0.15, 0.2) is 17.3 Å². The molecule has 108 valence electrons. The Labute approximate surface area is 113 Å². The molecule has 0 aromatic carbocycles. The molecule has 0 bridgehead atoms. The zero-order valence-corrected chi connectivity index (χ0v) is 11.8. The lowest BCUT2D eigenvalue weighted by molar-refractivity contribution is 0.186. The van der Waals surface area contributed by atoms with Gasteiger partial charge < -0.3 is 10.1 Å². The second kappa shape index (κ2) is 6.47. The Kier molecular flexibility index (Phi) is 4.92. The fourth-order valence-electron chi connectivity index (χ4n) is 1.89. The van der Waals surface area contributed by atoms with Gasteiger partial charge in [0.15, 0.2) is 0 Å². The number of likely N-dealkylation sites (N-methyl/N-ethyl adjacent to an activating group) is 1. The molecule has 0 spiro atoms. The fourth-order valence-corrected chi connectivity index (χ4v) is 2.96. The molecule has 0 aliphatic carbocycles. The molecule has 2 N–H and O–H groups in total. The zero-order chi connectivity index (χ0) is 13.7. The molecule has 0 saturated carbocycles. The van der Waals surface area contributed by atoms with Crippen LogP contribution in [0.25, 0.3) is 0 Å². The fraction of sp³-hybridized carbons (Fsp3) is 0.727. The molecule has 2 heterocycles. The maximum Gasteiger partial charge on any atom is 0.243 e. The third kappa shape index (κ3) is 4.00. The number of sulfonamides is 1. The molecule has 1 fully saturated rings. The van der Waals surface area contributed by atoms with Crippen molar-refractivity contribution >= 4 is 10.0 Å². The van der Waals surface area contributed by atoms with Crippen molar-refractivity contribution in [2.75, 3.05) is 33.4 Å². The second-order valence-electron chi connectivity index (χ2n) is 4.62. The van der Waals surface area contributed by atoms with E-state index in [2.05, 4.69) is 15.1 Å². The molecule has 1 aromatic heterocycles. The summed E-state index contributed by atoms with van der Waals surface area (Å²) in [5.74, 6) is 0.272. The van der Waals surface area contributed by atoms with Gasteiger partial charge in [-0.2, -0.15) is 5.10 Å². The minimum Gasteiger partial charge on any atom is -0.381 e. The standard InChI is InChI=1S/C11H20N4O3S/c1-12-3-4-15-8-11(7-13-15)19(16,17)14-6-10-2-5-18-9-10/h7-8,10,12,14H,2-6,9H2,1H3. The van der Waals surface area contributed by atoms with Crippen LogP contribution < -0.4 is 10.0 Å². The molecule has 1 atom stereocenters. The van der Waals surface area contributed by atoms with E-state index in [0.29, 0.717) is 26.3 Å². The summed E-state index contributed by atoms with van der Waals surface area (Å²) in [6.45, 7) is 3.15. The Bertz CT molecular complexity index is 494. The topological polar surface area (TPSA) is 85.2 Å². The highest BCUT2D eigenvalue weighted by Gasteiger charge is 2.21. The lowest BCUT2D eigenvalue weighted by atomic mass is 10.1. The number of hydrogen-bond acceptors (Lipinski definition) is 5. The van der Waals surface area contributed by atoms with Crippen LogP contribution in [0, 0.1) is 5.92 Å². The van der Waals surface area contributed by atoms with Crippen molar-refractivity contribution in [2.45, 2.75) is 17.9 Å². The van der Waals surface area contributed by atoms with Gasteiger partial charge in [0.2, 0.25) is 10.0 Å². The van der Waals surface area contributed by atoms with E-state index >= 15 is 0 Å². The van der Waals surface area contributed by atoms with Crippen molar-refractivity contribution in [3.05, 3.63) is 12.4 Å². The van der Waals surface area contributed by atoms with E-state index in [0.717, 1.165) is 13.0 Å². The maximum absolute atomic E-state index is 12.1. The summed E-state index contributed by atoms with van der Waals surface area (Å²) in [5, 5.41) is 7.02. The lowest BCUT2D eigenvalue weighted by Gasteiger charge is -2.08. The second-order valence-corrected chi connectivity index (χ2v) is 6.39. The molecule has 0 amide bonds. The highest BCUT2D eigenvalue weighted by atomic mass is 32.2. The Morgan fingerprint density at radius 3 is 3.11 bits per heavy atom. The molecule has 1 aliphatic heterocycles. The molecule has 1 unspecified atom stereocenters. The third-order valence-electron chi connectivity index (χ3n) is 3.10. The SMILES string of the molecule is CNCCn1cc(S(=O)(=O)NCC2CCOC2)cn1. The molecule has 8 heteroatoms. The van der Waals surface area contributed by atoms with Gasteiger partial charge in [0, 0.05) is 25.9 Å².